The largest absolute Gasteiger partial charge is 0.292 e. The molecule has 4 nitrogen and oxygen atoms in total. The number of nitrogens with zero attached hydrogens (tertiary/aromatic N) is 4. The number of aromatic nitrogens is 2. The molecule has 1 aliphatic rings. The zero-order chi connectivity index (χ0) is 15.2. The summed E-state index contributed by atoms with van der Waals surface area (Å²) in [7, 11) is 2.06. The topological polar surface area (TPSA) is 32.3 Å². The second-order valence-corrected chi connectivity index (χ2v) is 5.60. The maximum Gasteiger partial charge on any atom is 0.146 e. The fraction of sp³-hybridized carbons (Fsp3) is 0.333. The van der Waals surface area contributed by atoms with Crippen molar-refractivity contribution in [3.8, 4) is 0 Å². The van der Waals surface area contributed by atoms with E-state index in [1.807, 2.05) is 6.07 Å². The van der Waals surface area contributed by atoms with Crippen molar-refractivity contribution in [3.63, 3.8) is 0 Å². The highest BCUT2D eigenvalue weighted by molar-refractivity contribution is 5.34. The average molecular weight is 294 g/mol. The summed E-state index contributed by atoms with van der Waals surface area (Å²) in [5.74, 6) is 0.941. The normalized spacial score (nSPS) is 15.4. The van der Waals surface area contributed by atoms with Crippen molar-refractivity contribution in [2.24, 2.45) is 0 Å². The summed E-state index contributed by atoms with van der Waals surface area (Å²) in [5, 5.41) is 4.43. The number of hydrogen-bond acceptors (Lipinski definition) is 4. The minimum Gasteiger partial charge on any atom is -0.292 e. The molecule has 0 bridgehead atoms. The molecule has 0 saturated carbocycles. The SMILES string of the molecule is CN(c1ccncn1)N1CC=C(CCc2ccccc2)CC1. The van der Waals surface area contributed by atoms with Gasteiger partial charge >= 0.3 is 0 Å². The van der Waals surface area contributed by atoms with E-state index in [4.69, 9.17) is 0 Å². The molecule has 22 heavy (non-hydrogen) atoms. The van der Waals surface area contributed by atoms with E-state index in [0.717, 1.165) is 38.2 Å². The van der Waals surface area contributed by atoms with E-state index in [1.165, 1.54) is 5.56 Å². The van der Waals surface area contributed by atoms with Crippen LogP contribution in [-0.2, 0) is 6.42 Å². The molecule has 2 aromatic rings. The zero-order valence-electron chi connectivity index (χ0n) is 13.0. The van der Waals surface area contributed by atoms with Gasteiger partial charge in [0.1, 0.15) is 12.1 Å². The third-order valence-corrected chi connectivity index (χ3v) is 4.18. The molecule has 0 spiro atoms. The van der Waals surface area contributed by atoms with Crippen LogP contribution in [0.15, 0.2) is 60.6 Å². The van der Waals surface area contributed by atoms with Gasteiger partial charge in [-0.05, 0) is 24.8 Å². The Balaban J connectivity index is 1.53. The van der Waals surface area contributed by atoms with E-state index in [9.17, 15) is 0 Å². The summed E-state index contributed by atoms with van der Waals surface area (Å²) in [6.45, 7) is 1.99. The van der Waals surface area contributed by atoms with E-state index >= 15 is 0 Å². The lowest BCUT2D eigenvalue weighted by molar-refractivity contribution is 0.280. The van der Waals surface area contributed by atoms with Crippen molar-refractivity contribution in [1.82, 2.24) is 15.0 Å². The fourth-order valence-corrected chi connectivity index (χ4v) is 2.77. The molecular formula is C18H22N4. The van der Waals surface area contributed by atoms with Crippen LogP contribution in [0.4, 0.5) is 5.82 Å². The Morgan fingerprint density at radius 1 is 1.14 bits per heavy atom. The highest BCUT2D eigenvalue weighted by Crippen LogP contribution is 2.19. The first kappa shape index (κ1) is 14.7. The molecule has 3 rings (SSSR count). The first-order valence-corrected chi connectivity index (χ1v) is 7.79. The Morgan fingerprint density at radius 2 is 2.00 bits per heavy atom. The lowest BCUT2D eigenvalue weighted by Gasteiger charge is -2.34. The Morgan fingerprint density at radius 3 is 2.68 bits per heavy atom. The number of aryl methyl sites for hydroxylation is 1. The number of anilines is 1. The van der Waals surface area contributed by atoms with Gasteiger partial charge in [0.25, 0.3) is 0 Å². The molecule has 2 heterocycles. The second-order valence-electron chi connectivity index (χ2n) is 5.60. The van der Waals surface area contributed by atoms with Crippen molar-refractivity contribution in [2.45, 2.75) is 19.3 Å². The molecule has 0 fully saturated rings. The number of rotatable bonds is 5. The van der Waals surface area contributed by atoms with Crippen LogP contribution in [0.2, 0.25) is 0 Å². The van der Waals surface area contributed by atoms with Gasteiger partial charge in [-0.2, -0.15) is 0 Å². The predicted molar refractivity (Wildman–Crippen MR) is 89.5 cm³/mol. The van der Waals surface area contributed by atoms with Crippen molar-refractivity contribution >= 4 is 5.82 Å². The van der Waals surface area contributed by atoms with E-state index < -0.39 is 0 Å². The Bertz CT molecular complexity index is 609. The summed E-state index contributed by atoms with van der Waals surface area (Å²) in [5.41, 5.74) is 2.99. The summed E-state index contributed by atoms with van der Waals surface area (Å²) < 4.78 is 0. The lowest BCUT2D eigenvalue weighted by atomic mass is 10.0. The standard InChI is InChI=1S/C18H22N4/c1-21(18-9-12-19-15-20-18)22-13-10-17(11-14-22)8-7-16-5-3-2-4-6-16/h2-6,9-10,12,15H,7-8,11,13-14H2,1H3. The molecule has 1 aliphatic heterocycles. The van der Waals surface area contributed by atoms with E-state index in [-0.39, 0.29) is 0 Å². The highest BCUT2D eigenvalue weighted by Gasteiger charge is 2.16. The maximum atomic E-state index is 4.30. The molecule has 114 valence electrons. The number of hydrazine groups is 1. The van der Waals surface area contributed by atoms with Crippen molar-refractivity contribution in [2.75, 3.05) is 25.1 Å². The van der Waals surface area contributed by atoms with Crippen LogP contribution in [0, 0.1) is 0 Å². The van der Waals surface area contributed by atoms with Crippen LogP contribution >= 0.6 is 0 Å². The fourth-order valence-electron chi connectivity index (χ4n) is 2.77. The molecule has 0 amide bonds. The molecule has 1 aromatic carbocycles. The van der Waals surface area contributed by atoms with Crippen LogP contribution in [0.1, 0.15) is 18.4 Å². The molecule has 0 unspecified atom stereocenters. The lowest BCUT2D eigenvalue weighted by Crippen LogP contribution is -2.43. The smallest absolute Gasteiger partial charge is 0.146 e. The van der Waals surface area contributed by atoms with Crippen LogP contribution in [0.3, 0.4) is 0 Å². The van der Waals surface area contributed by atoms with Gasteiger partial charge in [0.2, 0.25) is 0 Å². The third-order valence-electron chi connectivity index (χ3n) is 4.18. The van der Waals surface area contributed by atoms with Gasteiger partial charge in [0.15, 0.2) is 0 Å². The molecule has 0 radical (unpaired) electrons. The van der Waals surface area contributed by atoms with Gasteiger partial charge in [-0.3, -0.25) is 5.01 Å². The first-order valence-electron chi connectivity index (χ1n) is 7.79. The van der Waals surface area contributed by atoms with Gasteiger partial charge in [-0.15, -0.1) is 0 Å². The molecule has 4 heteroatoms. The first-order chi connectivity index (χ1) is 10.8. The van der Waals surface area contributed by atoms with Crippen LogP contribution in [0.25, 0.3) is 0 Å². The van der Waals surface area contributed by atoms with Crippen LogP contribution < -0.4 is 5.01 Å². The van der Waals surface area contributed by atoms with Crippen LogP contribution in [0.5, 0.6) is 0 Å². The quantitative estimate of drug-likeness (QED) is 0.793. The Labute approximate surface area is 132 Å². The summed E-state index contributed by atoms with van der Waals surface area (Å²) in [6, 6.07) is 12.7. The van der Waals surface area contributed by atoms with Gasteiger partial charge in [0, 0.05) is 32.4 Å². The van der Waals surface area contributed by atoms with Gasteiger partial charge < -0.3 is 0 Å². The molecular weight excluding hydrogens is 272 g/mol. The van der Waals surface area contributed by atoms with Gasteiger partial charge in [-0.1, -0.05) is 42.0 Å². The molecule has 0 atom stereocenters. The zero-order valence-corrected chi connectivity index (χ0v) is 13.0. The van der Waals surface area contributed by atoms with Crippen molar-refractivity contribution in [3.05, 3.63) is 66.1 Å². The number of hydrogen-bond donors (Lipinski definition) is 0. The monoisotopic (exact) mass is 294 g/mol. The molecule has 0 aliphatic carbocycles. The summed E-state index contributed by atoms with van der Waals surface area (Å²) in [6.07, 6.45) is 9.16. The van der Waals surface area contributed by atoms with Crippen LogP contribution in [-0.4, -0.2) is 35.1 Å². The summed E-state index contributed by atoms with van der Waals surface area (Å²) in [4.78, 5) is 8.27. The minimum atomic E-state index is 0.941. The average Bonchev–Trinajstić information content (AvgIpc) is 2.61. The van der Waals surface area contributed by atoms with E-state index in [2.05, 4.69) is 63.4 Å². The van der Waals surface area contributed by atoms with Gasteiger partial charge in [-0.25, -0.2) is 15.0 Å². The Hall–Kier alpha value is -2.20. The highest BCUT2D eigenvalue weighted by atomic mass is 15.6. The Kier molecular flexibility index (Phi) is 4.81. The third kappa shape index (κ3) is 3.71. The molecule has 0 saturated heterocycles. The van der Waals surface area contributed by atoms with E-state index in [1.54, 1.807) is 18.1 Å². The van der Waals surface area contributed by atoms with Crippen molar-refractivity contribution in [1.29, 1.82) is 0 Å². The molecule has 1 aromatic heterocycles. The predicted octanol–water partition coefficient (Wildman–Crippen LogP) is 3.09. The van der Waals surface area contributed by atoms with E-state index in [0.29, 0.717) is 0 Å². The summed E-state index contributed by atoms with van der Waals surface area (Å²) >= 11 is 0. The second kappa shape index (κ2) is 7.18. The van der Waals surface area contributed by atoms with Crippen molar-refractivity contribution < 1.29 is 0 Å². The maximum absolute atomic E-state index is 4.30. The van der Waals surface area contributed by atoms with Gasteiger partial charge in [0.05, 0.1) is 0 Å². The molecule has 0 N–H and O–H groups in total. The number of benzene rings is 1. The minimum absolute atomic E-state index is 0.941.